The van der Waals surface area contributed by atoms with Crippen LogP contribution in [-0.2, 0) is 15.0 Å². The molecule has 7 heteroatoms. The van der Waals surface area contributed by atoms with Gasteiger partial charge in [0.25, 0.3) is 0 Å². The molecule has 1 aliphatic heterocycles. The topological polar surface area (TPSA) is 62.3 Å². The van der Waals surface area contributed by atoms with Crippen molar-refractivity contribution >= 4 is 38.5 Å². The zero-order chi connectivity index (χ0) is 19.7. The van der Waals surface area contributed by atoms with Crippen LogP contribution in [0.1, 0.15) is 25.3 Å². The molecule has 1 saturated heterocycles. The first-order valence-electron chi connectivity index (χ1n) is 9.16. The van der Waals surface area contributed by atoms with Gasteiger partial charge in [0.15, 0.2) is 5.13 Å². The Balaban J connectivity index is 1.64. The number of halogens is 1. The van der Waals surface area contributed by atoms with Gasteiger partial charge in [-0.2, -0.15) is 0 Å². The maximum atomic E-state index is 13.4. The molecule has 28 heavy (non-hydrogen) atoms. The van der Waals surface area contributed by atoms with Crippen LogP contribution in [0.5, 0.6) is 0 Å². The summed E-state index contributed by atoms with van der Waals surface area (Å²) in [4.78, 5) is 31.3. The van der Waals surface area contributed by atoms with E-state index in [1.165, 1.54) is 23.5 Å². The van der Waals surface area contributed by atoms with Gasteiger partial charge in [0.05, 0.1) is 15.6 Å². The molecule has 5 nitrogen and oxygen atoms in total. The van der Waals surface area contributed by atoms with Crippen LogP contribution in [0.25, 0.3) is 10.2 Å². The normalized spacial score (nSPS) is 16.1. The molecule has 0 atom stereocenters. The number of piperidine rings is 1. The number of nitrogens with one attached hydrogen (secondary N) is 1. The summed E-state index contributed by atoms with van der Waals surface area (Å²) in [5.74, 6) is -0.442. The summed E-state index contributed by atoms with van der Waals surface area (Å²) in [5.41, 5.74) is 0.862. The highest BCUT2D eigenvalue weighted by molar-refractivity contribution is 7.22. The van der Waals surface area contributed by atoms with Gasteiger partial charge in [0.1, 0.15) is 5.82 Å². The number of aromatic nitrogens is 1. The SMILES string of the molecule is CC(=O)N1CCC(C(=O)Nc2nc3ccc(F)cc3s2)(c2ccccc2)CC1. The second-order valence-corrected chi connectivity index (χ2v) is 8.07. The lowest BCUT2D eigenvalue weighted by Gasteiger charge is -2.40. The highest BCUT2D eigenvalue weighted by atomic mass is 32.1. The van der Waals surface area contributed by atoms with Gasteiger partial charge in [-0.05, 0) is 36.6 Å². The van der Waals surface area contributed by atoms with Crippen LogP contribution in [0.15, 0.2) is 48.5 Å². The van der Waals surface area contributed by atoms with Gasteiger partial charge >= 0.3 is 0 Å². The summed E-state index contributed by atoms with van der Waals surface area (Å²) in [6.45, 7) is 2.61. The molecule has 2 amide bonds. The number of benzene rings is 2. The van der Waals surface area contributed by atoms with Crippen molar-refractivity contribution in [1.29, 1.82) is 0 Å². The maximum absolute atomic E-state index is 13.4. The quantitative estimate of drug-likeness (QED) is 0.728. The first-order chi connectivity index (χ1) is 13.5. The van der Waals surface area contributed by atoms with Crippen molar-refractivity contribution in [2.75, 3.05) is 18.4 Å². The van der Waals surface area contributed by atoms with Crippen molar-refractivity contribution < 1.29 is 14.0 Å². The summed E-state index contributed by atoms with van der Waals surface area (Å²) in [5, 5.41) is 3.40. The Kier molecular flexibility index (Phi) is 4.85. The molecule has 144 valence electrons. The fraction of sp³-hybridized carbons (Fsp3) is 0.286. The molecule has 0 aliphatic carbocycles. The van der Waals surface area contributed by atoms with E-state index in [0.717, 1.165) is 5.56 Å². The second kappa shape index (κ2) is 7.31. The Morgan fingerprint density at radius 3 is 2.54 bits per heavy atom. The number of rotatable bonds is 3. The molecule has 1 N–H and O–H groups in total. The lowest BCUT2D eigenvalue weighted by atomic mass is 9.72. The first kappa shape index (κ1) is 18.6. The molecular formula is C21H20FN3O2S. The zero-order valence-corrected chi connectivity index (χ0v) is 16.3. The predicted molar refractivity (Wildman–Crippen MR) is 108 cm³/mol. The van der Waals surface area contributed by atoms with E-state index in [4.69, 9.17) is 0 Å². The molecule has 1 aliphatic rings. The average molecular weight is 397 g/mol. The van der Waals surface area contributed by atoms with Crippen molar-refractivity contribution in [2.24, 2.45) is 0 Å². The fourth-order valence-corrected chi connectivity index (χ4v) is 4.66. The molecule has 0 spiro atoms. The van der Waals surface area contributed by atoms with Crippen LogP contribution in [0.2, 0.25) is 0 Å². The van der Waals surface area contributed by atoms with Crippen LogP contribution < -0.4 is 5.32 Å². The summed E-state index contributed by atoms with van der Waals surface area (Å²) in [6, 6.07) is 14.0. The Labute approximate surface area is 166 Å². The molecular weight excluding hydrogens is 377 g/mol. The van der Waals surface area contributed by atoms with Crippen LogP contribution in [-0.4, -0.2) is 34.8 Å². The number of nitrogens with zero attached hydrogens (tertiary/aromatic N) is 2. The first-order valence-corrected chi connectivity index (χ1v) is 9.98. The highest BCUT2D eigenvalue weighted by Crippen LogP contribution is 2.37. The van der Waals surface area contributed by atoms with E-state index >= 15 is 0 Å². The molecule has 0 radical (unpaired) electrons. The minimum Gasteiger partial charge on any atom is -0.343 e. The molecule has 4 rings (SSSR count). The van der Waals surface area contributed by atoms with E-state index in [0.29, 0.717) is 41.3 Å². The summed E-state index contributed by atoms with van der Waals surface area (Å²) in [6.07, 6.45) is 1.09. The molecule has 0 bridgehead atoms. The predicted octanol–water partition coefficient (Wildman–Crippen LogP) is 3.95. The van der Waals surface area contributed by atoms with E-state index in [1.54, 1.807) is 17.9 Å². The number of fused-ring (bicyclic) bond motifs is 1. The molecule has 0 unspecified atom stereocenters. The van der Waals surface area contributed by atoms with Crippen LogP contribution in [0.3, 0.4) is 0 Å². The van der Waals surface area contributed by atoms with Crippen molar-refractivity contribution in [3.63, 3.8) is 0 Å². The lowest BCUT2D eigenvalue weighted by Crippen LogP contribution is -2.50. The Bertz CT molecular complexity index is 1030. The highest BCUT2D eigenvalue weighted by Gasteiger charge is 2.43. The number of amides is 2. The molecule has 1 fully saturated rings. The summed E-state index contributed by atoms with van der Waals surface area (Å²) >= 11 is 1.26. The minimum atomic E-state index is -0.726. The van der Waals surface area contributed by atoms with E-state index in [2.05, 4.69) is 10.3 Å². The number of carbonyl (C=O) groups excluding carboxylic acids is 2. The zero-order valence-electron chi connectivity index (χ0n) is 15.4. The van der Waals surface area contributed by atoms with Gasteiger partial charge in [-0.25, -0.2) is 9.37 Å². The van der Waals surface area contributed by atoms with E-state index in [9.17, 15) is 14.0 Å². The number of hydrogen-bond donors (Lipinski definition) is 1. The lowest BCUT2D eigenvalue weighted by molar-refractivity contribution is -0.133. The average Bonchev–Trinajstić information content (AvgIpc) is 3.09. The monoisotopic (exact) mass is 397 g/mol. The Hall–Kier alpha value is -2.80. The third-order valence-corrected chi connectivity index (χ3v) is 6.33. The van der Waals surface area contributed by atoms with Gasteiger partial charge in [-0.15, -0.1) is 0 Å². The minimum absolute atomic E-state index is 0.0234. The second-order valence-electron chi connectivity index (χ2n) is 7.04. The van der Waals surface area contributed by atoms with Crippen molar-refractivity contribution in [3.8, 4) is 0 Å². The van der Waals surface area contributed by atoms with Crippen molar-refractivity contribution in [3.05, 3.63) is 59.9 Å². The number of thiazole rings is 1. The fourth-order valence-electron chi connectivity index (χ4n) is 3.78. The van der Waals surface area contributed by atoms with Gasteiger partial charge in [0, 0.05) is 20.0 Å². The molecule has 1 aromatic heterocycles. The standard InChI is InChI=1S/C21H20FN3O2S/c1-14(26)25-11-9-21(10-12-25,15-5-3-2-4-6-15)19(27)24-20-23-17-8-7-16(22)13-18(17)28-20/h2-8,13H,9-12H2,1H3,(H,23,24,27). The van der Waals surface area contributed by atoms with Crippen molar-refractivity contribution in [2.45, 2.75) is 25.2 Å². The molecule has 3 aromatic rings. The third-order valence-electron chi connectivity index (χ3n) is 5.39. The van der Waals surface area contributed by atoms with Crippen LogP contribution in [0.4, 0.5) is 9.52 Å². The number of likely N-dealkylation sites (tertiary alicyclic amines) is 1. The van der Waals surface area contributed by atoms with Crippen LogP contribution in [0, 0.1) is 5.82 Å². The molecule has 2 aromatic carbocycles. The smallest absolute Gasteiger partial charge is 0.236 e. The van der Waals surface area contributed by atoms with Crippen LogP contribution >= 0.6 is 11.3 Å². The number of carbonyl (C=O) groups is 2. The van der Waals surface area contributed by atoms with Gasteiger partial charge in [-0.1, -0.05) is 41.7 Å². The van der Waals surface area contributed by atoms with Crippen molar-refractivity contribution in [1.82, 2.24) is 9.88 Å². The number of hydrogen-bond acceptors (Lipinski definition) is 4. The largest absolute Gasteiger partial charge is 0.343 e. The maximum Gasteiger partial charge on any atom is 0.236 e. The van der Waals surface area contributed by atoms with E-state index in [1.807, 2.05) is 30.3 Å². The third kappa shape index (κ3) is 3.38. The number of anilines is 1. The summed E-state index contributed by atoms with van der Waals surface area (Å²) < 4.78 is 14.1. The molecule has 0 saturated carbocycles. The van der Waals surface area contributed by atoms with E-state index in [-0.39, 0.29) is 17.6 Å². The Morgan fingerprint density at radius 2 is 1.86 bits per heavy atom. The van der Waals surface area contributed by atoms with Gasteiger partial charge < -0.3 is 10.2 Å². The Morgan fingerprint density at radius 1 is 1.14 bits per heavy atom. The van der Waals surface area contributed by atoms with E-state index < -0.39 is 5.41 Å². The van der Waals surface area contributed by atoms with Gasteiger partial charge in [0.2, 0.25) is 11.8 Å². The molecule has 2 heterocycles. The summed E-state index contributed by atoms with van der Waals surface area (Å²) in [7, 11) is 0. The van der Waals surface area contributed by atoms with Gasteiger partial charge in [-0.3, -0.25) is 9.59 Å².